The molecule has 1 aromatic rings. The zero-order valence-electron chi connectivity index (χ0n) is 9.44. The summed E-state index contributed by atoms with van der Waals surface area (Å²) in [5, 5.41) is 2.88. The van der Waals surface area contributed by atoms with Gasteiger partial charge in [-0.2, -0.15) is 0 Å². The molecule has 0 saturated carbocycles. The Morgan fingerprint density at radius 3 is 2.40 bits per heavy atom. The van der Waals surface area contributed by atoms with Crippen LogP contribution < -0.4 is 4.90 Å². The molecule has 0 saturated heterocycles. The fraction of sp³-hybridized carbons (Fsp3) is 0.500. The molecule has 0 bridgehead atoms. The summed E-state index contributed by atoms with van der Waals surface area (Å²) in [7, 11) is 2.07. The van der Waals surface area contributed by atoms with Crippen LogP contribution in [0.15, 0.2) is 29.4 Å². The first kappa shape index (κ1) is 11.7. The van der Waals surface area contributed by atoms with Crippen molar-refractivity contribution in [3.05, 3.63) is 29.2 Å². The third-order valence-corrected chi connectivity index (χ3v) is 2.49. The van der Waals surface area contributed by atoms with Gasteiger partial charge in [0.1, 0.15) is 5.69 Å². The van der Waals surface area contributed by atoms with Crippen LogP contribution in [0.5, 0.6) is 0 Å². The van der Waals surface area contributed by atoms with Gasteiger partial charge < -0.3 is 4.90 Å². The molecule has 0 spiro atoms. The second-order valence-electron chi connectivity index (χ2n) is 3.74. The van der Waals surface area contributed by atoms with Crippen molar-refractivity contribution in [1.82, 2.24) is 0 Å². The third-order valence-electron chi connectivity index (χ3n) is 2.49. The molecule has 0 atom stereocenters. The number of nitroso groups, excluding NO2 is 1. The Hall–Kier alpha value is -1.38. The quantitative estimate of drug-likeness (QED) is 0.525. The molecule has 1 aromatic carbocycles. The minimum absolute atomic E-state index is 0.487. The van der Waals surface area contributed by atoms with Crippen LogP contribution in [-0.2, 0) is 0 Å². The van der Waals surface area contributed by atoms with E-state index in [1.807, 2.05) is 12.1 Å². The summed E-state index contributed by atoms with van der Waals surface area (Å²) in [6.45, 7) is 3.26. The SMILES string of the molecule is CCCCCN(C)c1ccc(N=O)cc1. The van der Waals surface area contributed by atoms with Gasteiger partial charge in [0.05, 0.1) is 0 Å². The van der Waals surface area contributed by atoms with Crippen molar-refractivity contribution in [3.63, 3.8) is 0 Å². The van der Waals surface area contributed by atoms with Gasteiger partial charge >= 0.3 is 0 Å². The van der Waals surface area contributed by atoms with Gasteiger partial charge in [-0.1, -0.05) is 19.8 Å². The van der Waals surface area contributed by atoms with Crippen LogP contribution in [0.4, 0.5) is 11.4 Å². The normalized spacial score (nSPS) is 10.0. The van der Waals surface area contributed by atoms with E-state index in [1.165, 1.54) is 19.3 Å². The van der Waals surface area contributed by atoms with E-state index in [4.69, 9.17) is 0 Å². The molecule has 82 valence electrons. The Morgan fingerprint density at radius 2 is 1.87 bits per heavy atom. The van der Waals surface area contributed by atoms with Gasteiger partial charge in [0, 0.05) is 19.3 Å². The number of benzene rings is 1. The lowest BCUT2D eigenvalue weighted by Gasteiger charge is -2.18. The van der Waals surface area contributed by atoms with E-state index in [1.54, 1.807) is 12.1 Å². The van der Waals surface area contributed by atoms with E-state index in [2.05, 4.69) is 24.0 Å². The lowest BCUT2D eigenvalue weighted by atomic mass is 10.2. The van der Waals surface area contributed by atoms with E-state index in [0.717, 1.165) is 12.2 Å². The lowest BCUT2D eigenvalue weighted by Crippen LogP contribution is -2.18. The number of unbranched alkanes of at least 4 members (excludes halogenated alkanes) is 2. The van der Waals surface area contributed by atoms with Crippen LogP contribution in [0, 0.1) is 4.91 Å². The highest BCUT2D eigenvalue weighted by Crippen LogP contribution is 2.18. The first-order valence-corrected chi connectivity index (χ1v) is 5.42. The Balaban J connectivity index is 2.50. The predicted molar refractivity (Wildman–Crippen MR) is 64.7 cm³/mol. The average Bonchev–Trinajstić information content (AvgIpc) is 2.29. The molecule has 0 heterocycles. The Morgan fingerprint density at radius 1 is 1.20 bits per heavy atom. The largest absolute Gasteiger partial charge is 0.375 e. The molecule has 0 aliphatic rings. The van der Waals surface area contributed by atoms with Crippen molar-refractivity contribution >= 4 is 11.4 Å². The zero-order chi connectivity index (χ0) is 11.1. The van der Waals surface area contributed by atoms with Crippen LogP contribution in [0.1, 0.15) is 26.2 Å². The zero-order valence-corrected chi connectivity index (χ0v) is 9.44. The van der Waals surface area contributed by atoms with Crippen LogP contribution in [0.3, 0.4) is 0 Å². The number of nitrogens with zero attached hydrogens (tertiary/aromatic N) is 2. The molecule has 0 aliphatic carbocycles. The topological polar surface area (TPSA) is 32.7 Å². The van der Waals surface area contributed by atoms with Gasteiger partial charge in [-0.15, -0.1) is 4.91 Å². The number of hydrogen-bond donors (Lipinski definition) is 0. The monoisotopic (exact) mass is 206 g/mol. The second-order valence-corrected chi connectivity index (χ2v) is 3.74. The van der Waals surface area contributed by atoms with Crippen molar-refractivity contribution in [2.45, 2.75) is 26.2 Å². The molecule has 3 heteroatoms. The van der Waals surface area contributed by atoms with E-state index < -0.39 is 0 Å². The van der Waals surface area contributed by atoms with Crippen LogP contribution in [0.2, 0.25) is 0 Å². The molecule has 0 N–H and O–H groups in total. The van der Waals surface area contributed by atoms with Gasteiger partial charge in [-0.05, 0) is 35.9 Å². The van der Waals surface area contributed by atoms with Crippen molar-refractivity contribution < 1.29 is 0 Å². The predicted octanol–water partition coefficient (Wildman–Crippen LogP) is 3.71. The van der Waals surface area contributed by atoms with Gasteiger partial charge in [-0.25, -0.2) is 0 Å². The molecular formula is C12H18N2O. The first-order valence-electron chi connectivity index (χ1n) is 5.42. The summed E-state index contributed by atoms with van der Waals surface area (Å²) >= 11 is 0. The Bertz CT molecular complexity index is 295. The minimum atomic E-state index is 0.487. The minimum Gasteiger partial charge on any atom is -0.375 e. The van der Waals surface area contributed by atoms with Crippen LogP contribution >= 0.6 is 0 Å². The summed E-state index contributed by atoms with van der Waals surface area (Å²) in [5.74, 6) is 0. The first-order chi connectivity index (χ1) is 7.27. The highest BCUT2D eigenvalue weighted by atomic mass is 16.3. The van der Waals surface area contributed by atoms with Gasteiger partial charge in [-0.3, -0.25) is 0 Å². The summed E-state index contributed by atoms with van der Waals surface area (Å²) in [4.78, 5) is 12.4. The third kappa shape index (κ3) is 3.70. The maximum atomic E-state index is 10.2. The maximum Gasteiger partial charge on any atom is 0.108 e. The van der Waals surface area contributed by atoms with Gasteiger partial charge in [0.15, 0.2) is 0 Å². The summed E-state index contributed by atoms with van der Waals surface area (Å²) in [5.41, 5.74) is 1.62. The second kappa shape index (κ2) is 6.17. The van der Waals surface area contributed by atoms with Crippen LogP contribution in [0.25, 0.3) is 0 Å². The Kier molecular flexibility index (Phi) is 4.81. The molecule has 0 aliphatic heterocycles. The van der Waals surface area contributed by atoms with Crippen molar-refractivity contribution in [3.8, 4) is 0 Å². The smallest absolute Gasteiger partial charge is 0.108 e. The van der Waals surface area contributed by atoms with Crippen molar-refractivity contribution in [1.29, 1.82) is 0 Å². The molecule has 3 nitrogen and oxygen atoms in total. The fourth-order valence-corrected chi connectivity index (χ4v) is 1.50. The molecule has 0 aromatic heterocycles. The molecule has 0 unspecified atom stereocenters. The molecule has 0 radical (unpaired) electrons. The molecular weight excluding hydrogens is 188 g/mol. The molecule has 1 rings (SSSR count). The summed E-state index contributed by atoms with van der Waals surface area (Å²) < 4.78 is 0. The molecule has 15 heavy (non-hydrogen) atoms. The van der Waals surface area contributed by atoms with E-state index in [0.29, 0.717) is 5.69 Å². The van der Waals surface area contributed by atoms with E-state index in [9.17, 15) is 4.91 Å². The summed E-state index contributed by atoms with van der Waals surface area (Å²) in [6.07, 6.45) is 3.71. The van der Waals surface area contributed by atoms with E-state index >= 15 is 0 Å². The summed E-state index contributed by atoms with van der Waals surface area (Å²) in [6, 6.07) is 7.36. The lowest BCUT2D eigenvalue weighted by molar-refractivity contribution is 0.705. The number of hydrogen-bond acceptors (Lipinski definition) is 3. The average molecular weight is 206 g/mol. The fourth-order valence-electron chi connectivity index (χ4n) is 1.50. The number of rotatable bonds is 6. The standard InChI is InChI=1S/C12H18N2O/c1-3-4-5-10-14(2)12-8-6-11(13-15)7-9-12/h6-9H,3-5,10H2,1-2H3. The van der Waals surface area contributed by atoms with Crippen molar-refractivity contribution in [2.75, 3.05) is 18.5 Å². The highest BCUT2D eigenvalue weighted by molar-refractivity contribution is 5.52. The number of anilines is 1. The van der Waals surface area contributed by atoms with Crippen molar-refractivity contribution in [2.24, 2.45) is 5.18 Å². The molecule has 0 fully saturated rings. The highest BCUT2D eigenvalue weighted by Gasteiger charge is 2.00. The maximum absolute atomic E-state index is 10.2. The molecule has 0 amide bonds. The van der Waals surface area contributed by atoms with Gasteiger partial charge in [0.2, 0.25) is 0 Å². The Labute approximate surface area is 91.1 Å². The van der Waals surface area contributed by atoms with Crippen LogP contribution in [-0.4, -0.2) is 13.6 Å². The van der Waals surface area contributed by atoms with Gasteiger partial charge in [0.25, 0.3) is 0 Å². The van der Waals surface area contributed by atoms with E-state index in [-0.39, 0.29) is 0 Å².